The maximum atomic E-state index is 13.7. The van der Waals surface area contributed by atoms with E-state index in [2.05, 4.69) is 51.9 Å². The average Bonchev–Trinajstić information content (AvgIpc) is 3.68. The number of anilines is 2. The second-order valence-corrected chi connectivity index (χ2v) is 10.3. The summed E-state index contributed by atoms with van der Waals surface area (Å²) in [7, 11) is 3.27. The van der Waals surface area contributed by atoms with Crippen molar-refractivity contribution in [1.29, 1.82) is 0 Å². The zero-order chi connectivity index (χ0) is 26.9. The summed E-state index contributed by atoms with van der Waals surface area (Å²) < 4.78 is 48.1. The van der Waals surface area contributed by atoms with Crippen LogP contribution in [0.15, 0.2) is 42.7 Å². The average molecular weight is 529 g/mol. The SMILES string of the molecule is COc1nccc(C(F)(F)F)c1N1CCC(NC(C)c2cn(C)nc2NCc2ccccc2C2CC2)CC1. The Hall–Kier alpha value is -3.27. The maximum absolute atomic E-state index is 13.7. The molecule has 1 aromatic carbocycles. The molecule has 1 aliphatic heterocycles. The molecule has 3 heterocycles. The van der Waals surface area contributed by atoms with E-state index >= 15 is 0 Å². The van der Waals surface area contributed by atoms with E-state index in [1.54, 1.807) is 4.90 Å². The van der Waals surface area contributed by atoms with Gasteiger partial charge >= 0.3 is 6.18 Å². The smallest absolute Gasteiger partial charge is 0.418 e. The van der Waals surface area contributed by atoms with Crippen molar-refractivity contribution in [3.63, 3.8) is 0 Å². The lowest BCUT2D eigenvalue weighted by atomic mass is 10.0. The predicted octanol–water partition coefficient (Wildman–Crippen LogP) is 5.65. The molecule has 2 aromatic heterocycles. The second kappa shape index (κ2) is 10.8. The lowest BCUT2D eigenvalue weighted by molar-refractivity contribution is -0.137. The molecule has 1 aliphatic carbocycles. The van der Waals surface area contributed by atoms with Gasteiger partial charge in [0.2, 0.25) is 5.88 Å². The van der Waals surface area contributed by atoms with Crippen molar-refractivity contribution in [1.82, 2.24) is 20.1 Å². The number of piperidine rings is 1. The maximum Gasteiger partial charge on any atom is 0.418 e. The van der Waals surface area contributed by atoms with Gasteiger partial charge in [-0.2, -0.15) is 18.3 Å². The minimum absolute atomic E-state index is 0.00828. The minimum Gasteiger partial charge on any atom is -0.480 e. The van der Waals surface area contributed by atoms with Crippen LogP contribution in [0.1, 0.15) is 66.8 Å². The molecule has 10 heteroatoms. The van der Waals surface area contributed by atoms with Crippen LogP contribution in [0, 0.1) is 0 Å². The Morgan fingerprint density at radius 1 is 1.11 bits per heavy atom. The standard InChI is InChI=1S/C28H35F3N6O/c1-18(23-17-36(2)35-26(23)33-16-20-6-4-5-7-22(20)19-8-9-19)34-21-11-14-37(15-12-21)25-24(28(29,30)31)10-13-32-27(25)38-3/h4-7,10,13,17-19,21,34H,8-9,11-12,14-16H2,1-3H3,(H,33,35). The van der Waals surface area contributed by atoms with Crippen molar-refractivity contribution in [3.8, 4) is 5.88 Å². The first-order valence-corrected chi connectivity index (χ1v) is 13.2. The molecule has 2 N–H and O–H groups in total. The van der Waals surface area contributed by atoms with Crippen molar-refractivity contribution in [2.75, 3.05) is 30.4 Å². The first-order chi connectivity index (χ1) is 18.2. The number of halogens is 3. The van der Waals surface area contributed by atoms with Crippen LogP contribution in [-0.2, 0) is 19.8 Å². The molecule has 204 valence electrons. The molecular formula is C28H35F3N6O. The van der Waals surface area contributed by atoms with Crippen molar-refractivity contribution in [2.45, 2.75) is 63.3 Å². The van der Waals surface area contributed by atoms with E-state index in [-0.39, 0.29) is 23.7 Å². The van der Waals surface area contributed by atoms with Crippen LogP contribution in [0.25, 0.3) is 0 Å². The van der Waals surface area contributed by atoms with Gasteiger partial charge in [-0.3, -0.25) is 4.68 Å². The van der Waals surface area contributed by atoms with Gasteiger partial charge in [-0.1, -0.05) is 24.3 Å². The molecule has 0 amide bonds. The molecule has 0 spiro atoms. The number of rotatable bonds is 9. The van der Waals surface area contributed by atoms with Crippen LogP contribution < -0.4 is 20.3 Å². The number of pyridine rings is 1. The van der Waals surface area contributed by atoms with Crippen LogP contribution in [-0.4, -0.2) is 41.0 Å². The zero-order valence-corrected chi connectivity index (χ0v) is 22.1. The minimum atomic E-state index is -4.47. The normalized spacial score (nSPS) is 17.5. The van der Waals surface area contributed by atoms with Crippen LogP contribution in [0.4, 0.5) is 24.7 Å². The Kier molecular flexibility index (Phi) is 7.52. The summed E-state index contributed by atoms with van der Waals surface area (Å²) >= 11 is 0. The van der Waals surface area contributed by atoms with Crippen LogP contribution in [0.5, 0.6) is 5.88 Å². The fourth-order valence-corrected chi connectivity index (χ4v) is 5.46. The highest BCUT2D eigenvalue weighted by Gasteiger charge is 2.38. The molecule has 38 heavy (non-hydrogen) atoms. The van der Waals surface area contributed by atoms with E-state index in [0.29, 0.717) is 31.8 Å². The lowest BCUT2D eigenvalue weighted by Gasteiger charge is -2.36. The fourth-order valence-electron chi connectivity index (χ4n) is 5.46. The Morgan fingerprint density at radius 2 is 1.84 bits per heavy atom. The van der Waals surface area contributed by atoms with Crippen molar-refractivity contribution in [2.24, 2.45) is 7.05 Å². The van der Waals surface area contributed by atoms with Gasteiger partial charge in [0.15, 0.2) is 5.82 Å². The number of hydrogen-bond acceptors (Lipinski definition) is 6. The summed E-state index contributed by atoms with van der Waals surface area (Å²) in [5.41, 5.74) is 3.13. The lowest BCUT2D eigenvalue weighted by Crippen LogP contribution is -2.44. The number of ether oxygens (including phenoxy) is 1. The first-order valence-electron chi connectivity index (χ1n) is 13.2. The molecule has 2 aliphatic rings. The Bertz CT molecular complexity index is 1250. The Balaban J connectivity index is 1.22. The number of alkyl halides is 3. The van der Waals surface area contributed by atoms with Gasteiger partial charge in [0, 0.05) is 56.7 Å². The summed E-state index contributed by atoms with van der Waals surface area (Å²) in [5, 5.41) is 11.9. The van der Waals surface area contributed by atoms with Gasteiger partial charge in [-0.25, -0.2) is 4.98 Å². The fraction of sp³-hybridized carbons (Fsp3) is 0.500. The predicted molar refractivity (Wildman–Crippen MR) is 142 cm³/mol. The highest BCUT2D eigenvalue weighted by Crippen LogP contribution is 2.43. The van der Waals surface area contributed by atoms with Gasteiger partial charge in [-0.05, 0) is 55.7 Å². The van der Waals surface area contributed by atoms with E-state index in [4.69, 9.17) is 4.74 Å². The number of hydrogen-bond donors (Lipinski definition) is 2. The highest BCUT2D eigenvalue weighted by molar-refractivity contribution is 5.62. The van der Waals surface area contributed by atoms with E-state index < -0.39 is 11.7 Å². The number of nitrogens with zero attached hydrogens (tertiary/aromatic N) is 4. The molecule has 0 radical (unpaired) electrons. The van der Waals surface area contributed by atoms with Gasteiger partial charge in [0.25, 0.3) is 0 Å². The summed E-state index contributed by atoms with van der Waals surface area (Å²) in [4.78, 5) is 5.77. The summed E-state index contributed by atoms with van der Waals surface area (Å²) in [6.07, 6.45) is 2.63. The summed E-state index contributed by atoms with van der Waals surface area (Å²) in [5.74, 6) is 1.54. The molecule has 0 bridgehead atoms. The third kappa shape index (κ3) is 5.75. The van der Waals surface area contributed by atoms with Crippen LogP contribution in [0.3, 0.4) is 0 Å². The number of aryl methyl sites for hydroxylation is 1. The first kappa shape index (κ1) is 26.3. The van der Waals surface area contributed by atoms with Crippen LogP contribution >= 0.6 is 0 Å². The van der Waals surface area contributed by atoms with Gasteiger partial charge in [-0.15, -0.1) is 0 Å². The number of aromatic nitrogens is 3. The van der Waals surface area contributed by atoms with E-state index in [1.165, 1.54) is 31.1 Å². The Labute approximate surface area is 221 Å². The van der Waals surface area contributed by atoms with E-state index in [0.717, 1.165) is 30.2 Å². The van der Waals surface area contributed by atoms with E-state index in [9.17, 15) is 13.2 Å². The van der Waals surface area contributed by atoms with Gasteiger partial charge < -0.3 is 20.3 Å². The molecule has 2 fully saturated rings. The third-order valence-electron chi connectivity index (χ3n) is 7.53. The van der Waals surface area contributed by atoms with E-state index in [1.807, 2.05) is 17.9 Å². The van der Waals surface area contributed by atoms with Crippen molar-refractivity contribution < 1.29 is 17.9 Å². The highest BCUT2D eigenvalue weighted by atomic mass is 19.4. The molecule has 1 atom stereocenters. The molecule has 5 rings (SSSR count). The number of benzene rings is 1. The van der Waals surface area contributed by atoms with Crippen molar-refractivity contribution in [3.05, 3.63) is 65.0 Å². The summed E-state index contributed by atoms with van der Waals surface area (Å²) in [6, 6.07) is 9.81. The van der Waals surface area contributed by atoms with Crippen molar-refractivity contribution >= 4 is 11.5 Å². The Morgan fingerprint density at radius 3 is 2.53 bits per heavy atom. The molecule has 1 saturated heterocycles. The largest absolute Gasteiger partial charge is 0.480 e. The topological polar surface area (TPSA) is 67.2 Å². The quantitative estimate of drug-likeness (QED) is 0.374. The zero-order valence-electron chi connectivity index (χ0n) is 22.1. The molecule has 1 saturated carbocycles. The summed E-state index contributed by atoms with van der Waals surface area (Å²) in [6.45, 7) is 3.78. The van der Waals surface area contributed by atoms with Gasteiger partial charge in [0.1, 0.15) is 5.69 Å². The molecular weight excluding hydrogens is 493 g/mol. The van der Waals surface area contributed by atoms with Crippen LogP contribution in [0.2, 0.25) is 0 Å². The monoisotopic (exact) mass is 528 g/mol. The number of methoxy groups -OCH3 is 1. The van der Waals surface area contributed by atoms with Gasteiger partial charge in [0.05, 0.1) is 12.7 Å². The molecule has 7 nitrogen and oxygen atoms in total. The third-order valence-corrected chi connectivity index (χ3v) is 7.53. The molecule has 3 aromatic rings. The second-order valence-electron chi connectivity index (χ2n) is 10.3. The molecule has 1 unspecified atom stereocenters. The number of nitrogens with one attached hydrogen (secondary N) is 2.